The number of aliphatic hydroxyl groups excluding tert-OH is 9. The molecular formula is C32H48O16. The molecule has 1 heterocycles. The maximum absolute atomic E-state index is 10.6. The second kappa shape index (κ2) is 18.8. The first-order chi connectivity index (χ1) is 22.8. The molecule has 0 aliphatic carbocycles. The van der Waals surface area contributed by atoms with Crippen LogP contribution in [0.4, 0.5) is 0 Å². The van der Waals surface area contributed by atoms with Crippen LogP contribution < -0.4 is 9.47 Å². The van der Waals surface area contributed by atoms with Gasteiger partial charge >= 0.3 is 0 Å². The Bertz CT molecular complexity index is 1250. The van der Waals surface area contributed by atoms with Crippen LogP contribution in [0.15, 0.2) is 36.4 Å². The predicted molar refractivity (Wildman–Crippen MR) is 165 cm³/mol. The summed E-state index contributed by atoms with van der Waals surface area (Å²) < 4.78 is 27.6. The van der Waals surface area contributed by atoms with Crippen molar-refractivity contribution >= 4 is 0 Å². The first kappa shape index (κ1) is 39.6. The lowest BCUT2D eigenvalue weighted by molar-refractivity contribution is -0.304. The molecule has 11 N–H and O–H groups in total. The molecule has 1 saturated heterocycles. The normalized spacial score (nSPS) is 25.1. The molecule has 272 valence electrons. The van der Waals surface area contributed by atoms with Crippen molar-refractivity contribution in [3.63, 3.8) is 0 Å². The summed E-state index contributed by atoms with van der Waals surface area (Å²) >= 11 is 0. The molecule has 0 aromatic heterocycles. The van der Waals surface area contributed by atoms with Gasteiger partial charge in [0.05, 0.1) is 40.1 Å². The largest absolute Gasteiger partial charge is 0.504 e. The summed E-state index contributed by atoms with van der Waals surface area (Å²) in [6, 6.07) is 9.30. The Balaban J connectivity index is 1.95. The Hall–Kier alpha value is -2.84. The zero-order valence-electron chi connectivity index (χ0n) is 26.7. The van der Waals surface area contributed by atoms with E-state index >= 15 is 0 Å². The van der Waals surface area contributed by atoms with Gasteiger partial charge in [-0.3, -0.25) is 0 Å². The summed E-state index contributed by atoms with van der Waals surface area (Å²) in [5.41, 5.74) is 1.30. The highest BCUT2D eigenvalue weighted by atomic mass is 16.7. The number of methoxy groups -OCH3 is 2. The van der Waals surface area contributed by atoms with Crippen LogP contribution >= 0.6 is 0 Å². The standard InChI is InChI=1S/C32H48O16/c1-44-23-11-16(3-5-20(23)35)9-18(14-46-31(43)29(41)26(38)22(37)7-8-33)19(10-17-4-6-21(36)24(12-17)45-2)15-47-32-30(42)28(40)27(39)25(13-34)48-32/h3-6,11-12,18-19,22,25-43H,7-10,13-15H2,1-2H3. The third-order valence-electron chi connectivity index (χ3n) is 8.42. The van der Waals surface area contributed by atoms with Crippen LogP contribution in [0.3, 0.4) is 0 Å². The number of aromatic hydroxyl groups is 2. The van der Waals surface area contributed by atoms with Crippen molar-refractivity contribution in [2.75, 3.05) is 40.6 Å². The van der Waals surface area contributed by atoms with Gasteiger partial charge < -0.3 is 79.9 Å². The Kier molecular flexibility index (Phi) is 15.5. The van der Waals surface area contributed by atoms with Crippen LogP contribution in [0.2, 0.25) is 0 Å². The molecule has 1 aliphatic heterocycles. The van der Waals surface area contributed by atoms with E-state index in [1.807, 2.05) is 0 Å². The number of hydrogen-bond donors (Lipinski definition) is 11. The van der Waals surface area contributed by atoms with Crippen LogP contribution in [0, 0.1) is 11.8 Å². The SMILES string of the molecule is COc1cc(CC(COC(O)C(O)C(O)C(O)CCO)C(COC2OC(CO)C(O)C(O)C2O)Cc2ccc(O)c(OC)c2)ccc1O. The molecule has 0 bridgehead atoms. The third kappa shape index (κ3) is 10.3. The first-order valence-electron chi connectivity index (χ1n) is 15.4. The van der Waals surface area contributed by atoms with Crippen molar-refractivity contribution in [3.05, 3.63) is 47.5 Å². The molecule has 0 radical (unpaired) electrons. The molecule has 16 heteroatoms. The highest BCUT2D eigenvalue weighted by Gasteiger charge is 2.44. The number of phenols is 2. The van der Waals surface area contributed by atoms with E-state index in [2.05, 4.69) is 0 Å². The van der Waals surface area contributed by atoms with Crippen molar-refractivity contribution in [2.24, 2.45) is 11.8 Å². The summed E-state index contributed by atoms with van der Waals surface area (Å²) in [7, 11) is 2.76. The van der Waals surface area contributed by atoms with Crippen molar-refractivity contribution < 1.29 is 79.9 Å². The van der Waals surface area contributed by atoms with Crippen LogP contribution in [0.5, 0.6) is 23.0 Å². The van der Waals surface area contributed by atoms with Crippen LogP contribution in [-0.4, -0.2) is 152 Å². The van der Waals surface area contributed by atoms with Gasteiger partial charge in [0.25, 0.3) is 0 Å². The van der Waals surface area contributed by atoms with Gasteiger partial charge in [0.1, 0.15) is 36.6 Å². The lowest BCUT2D eigenvalue weighted by Crippen LogP contribution is -2.59. The average Bonchev–Trinajstić information content (AvgIpc) is 3.08. The fourth-order valence-electron chi connectivity index (χ4n) is 5.47. The zero-order chi connectivity index (χ0) is 35.5. The Morgan fingerprint density at radius 2 is 1.27 bits per heavy atom. The summed E-state index contributed by atoms with van der Waals surface area (Å²) in [5, 5.41) is 111. The predicted octanol–water partition coefficient (Wildman–Crippen LogP) is -2.25. The first-order valence-corrected chi connectivity index (χ1v) is 15.4. The number of aliphatic hydroxyl groups is 9. The van der Waals surface area contributed by atoms with Crippen molar-refractivity contribution in [2.45, 2.75) is 74.6 Å². The monoisotopic (exact) mass is 688 g/mol. The second-order valence-electron chi connectivity index (χ2n) is 11.8. The van der Waals surface area contributed by atoms with Crippen LogP contribution in [-0.2, 0) is 27.1 Å². The summed E-state index contributed by atoms with van der Waals surface area (Å²) in [5.74, 6) is -1.06. The molecule has 11 unspecified atom stereocenters. The quantitative estimate of drug-likeness (QED) is 0.0696. The van der Waals surface area contributed by atoms with Crippen LogP contribution in [0.25, 0.3) is 0 Å². The summed E-state index contributed by atoms with van der Waals surface area (Å²) in [6.07, 6.45) is -14.9. The fourth-order valence-corrected chi connectivity index (χ4v) is 5.47. The van der Waals surface area contributed by atoms with Gasteiger partial charge in [0, 0.05) is 6.61 Å². The van der Waals surface area contributed by atoms with E-state index in [9.17, 15) is 51.1 Å². The lowest BCUT2D eigenvalue weighted by atomic mass is 9.83. The number of ether oxygens (including phenoxy) is 5. The zero-order valence-corrected chi connectivity index (χ0v) is 26.7. The van der Waals surface area contributed by atoms with Gasteiger partial charge in [-0.1, -0.05) is 12.1 Å². The highest BCUT2D eigenvalue weighted by Crippen LogP contribution is 2.33. The van der Waals surface area contributed by atoms with Crippen LogP contribution in [0.1, 0.15) is 17.5 Å². The van der Waals surface area contributed by atoms with E-state index in [0.717, 1.165) is 0 Å². The Labute approximate surface area is 277 Å². The minimum absolute atomic E-state index is 0.106. The van der Waals surface area contributed by atoms with E-state index < -0.39 is 80.4 Å². The lowest BCUT2D eigenvalue weighted by Gasteiger charge is -2.40. The van der Waals surface area contributed by atoms with Crippen molar-refractivity contribution in [1.82, 2.24) is 0 Å². The van der Waals surface area contributed by atoms with Gasteiger partial charge in [-0.15, -0.1) is 0 Å². The molecule has 0 spiro atoms. The van der Waals surface area contributed by atoms with Gasteiger partial charge in [-0.2, -0.15) is 0 Å². The number of benzene rings is 2. The molecule has 1 aliphatic rings. The van der Waals surface area contributed by atoms with E-state index in [-0.39, 0.29) is 55.5 Å². The second-order valence-corrected chi connectivity index (χ2v) is 11.8. The van der Waals surface area contributed by atoms with E-state index in [1.54, 1.807) is 24.3 Å². The minimum Gasteiger partial charge on any atom is -0.504 e. The molecule has 3 rings (SSSR count). The van der Waals surface area contributed by atoms with E-state index in [1.165, 1.54) is 26.4 Å². The maximum Gasteiger partial charge on any atom is 0.186 e. The van der Waals surface area contributed by atoms with Gasteiger partial charge in [-0.25, -0.2) is 0 Å². The smallest absolute Gasteiger partial charge is 0.186 e. The van der Waals surface area contributed by atoms with Gasteiger partial charge in [-0.05, 0) is 66.5 Å². The molecule has 0 amide bonds. The van der Waals surface area contributed by atoms with E-state index in [0.29, 0.717) is 11.1 Å². The summed E-state index contributed by atoms with van der Waals surface area (Å²) in [6.45, 7) is -1.63. The Morgan fingerprint density at radius 1 is 0.729 bits per heavy atom. The Morgan fingerprint density at radius 3 is 1.77 bits per heavy atom. The molecule has 16 nitrogen and oxygen atoms in total. The molecule has 2 aromatic carbocycles. The molecule has 1 fully saturated rings. The number of hydrogen-bond acceptors (Lipinski definition) is 16. The number of phenolic OH excluding ortho intramolecular Hbond substituents is 2. The topological polar surface area (TPSA) is 269 Å². The average molecular weight is 689 g/mol. The third-order valence-corrected chi connectivity index (χ3v) is 8.42. The molecule has 11 atom stereocenters. The van der Waals surface area contributed by atoms with Crippen molar-refractivity contribution in [3.8, 4) is 23.0 Å². The maximum atomic E-state index is 10.6. The van der Waals surface area contributed by atoms with Gasteiger partial charge in [0.2, 0.25) is 0 Å². The fraction of sp³-hybridized carbons (Fsp3) is 0.625. The minimum atomic E-state index is -1.98. The summed E-state index contributed by atoms with van der Waals surface area (Å²) in [4.78, 5) is 0. The van der Waals surface area contributed by atoms with E-state index in [4.69, 9.17) is 28.8 Å². The molecule has 2 aromatic rings. The van der Waals surface area contributed by atoms with Gasteiger partial charge in [0.15, 0.2) is 35.6 Å². The van der Waals surface area contributed by atoms with Crippen molar-refractivity contribution in [1.29, 1.82) is 0 Å². The molecule has 48 heavy (non-hydrogen) atoms. The molecule has 0 saturated carbocycles. The number of rotatable bonds is 19. The molecular weight excluding hydrogens is 640 g/mol. The highest BCUT2D eigenvalue weighted by molar-refractivity contribution is 5.43.